The molecule has 7 nitrogen and oxygen atoms in total. The summed E-state index contributed by atoms with van der Waals surface area (Å²) in [5, 5.41) is 0. The lowest BCUT2D eigenvalue weighted by molar-refractivity contribution is -0.275. The Morgan fingerprint density at radius 3 is 2.45 bits per heavy atom. The van der Waals surface area contributed by atoms with Crippen LogP contribution >= 0.6 is 0 Å². The quantitative estimate of drug-likeness (QED) is 0.620. The minimum atomic E-state index is -5.10. The number of rotatable bonds is 5. The van der Waals surface area contributed by atoms with Gasteiger partial charge in [0.1, 0.15) is 16.7 Å². The molecule has 0 saturated carbocycles. The number of nitrogens with zero attached hydrogens (tertiary/aromatic N) is 3. The Morgan fingerprint density at radius 1 is 1.06 bits per heavy atom. The zero-order valence-corrected chi connectivity index (χ0v) is 16.3. The highest BCUT2D eigenvalue weighted by Crippen LogP contribution is 2.33. The maximum Gasteiger partial charge on any atom is 0.573 e. The van der Waals surface area contributed by atoms with Crippen molar-refractivity contribution in [3.8, 4) is 11.8 Å². The van der Waals surface area contributed by atoms with E-state index in [0.717, 1.165) is 22.6 Å². The van der Waals surface area contributed by atoms with E-state index in [-0.39, 0.29) is 25.9 Å². The van der Waals surface area contributed by atoms with E-state index in [0.29, 0.717) is 6.07 Å². The van der Waals surface area contributed by atoms with Crippen molar-refractivity contribution < 1.29 is 44.2 Å². The Morgan fingerprint density at radius 2 is 1.77 bits per heavy atom. The second-order valence-corrected chi connectivity index (χ2v) is 8.37. The highest BCUT2D eigenvalue weighted by molar-refractivity contribution is 7.89. The molecule has 1 aromatic carbocycles. The van der Waals surface area contributed by atoms with Gasteiger partial charge in [-0.3, -0.25) is 0 Å². The number of piperidine rings is 1. The van der Waals surface area contributed by atoms with Crippen molar-refractivity contribution >= 4 is 10.0 Å². The van der Waals surface area contributed by atoms with Crippen molar-refractivity contribution in [3.05, 3.63) is 42.2 Å². The van der Waals surface area contributed by atoms with Crippen LogP contribution < -0.4 is 9.47 Å². The van der Waals surface area contributed by atoms with Crippen molar-refractivity contribution in [2.45, 2.75) is 36.4 Å². The second kappa shape index (κ2) is 8.49. The molecule has 0 N–H and O–H groups in total. The van der Waals surface area contributed by atoms with Crippen LogP contribution in [0.2, 0.25) is 0 Å². The Balaban J connectivity index is 1.79. The molecule has 1 aliphatic heterocycles. The van der Waals surface area contributed by atoms with Gasteiger partial charge in [-0.1, -0.05) is 12.1 Å². The molecule has 2 heterocycles. The lowest BCUT2D eigenvalue weighted by Crippen LogP contribution is -2.44. The van der Waals surface area contributed by atoms with Gasteiger partial charge in [-0.15, -0.1) is 13.2 Å². The van der Waals surface area contributed by atoms with Crippen LogP contribution in [0.25, 0.3) is 0 Å². The van der Waals surface area contributed by atoms with E-state index in [1.54, 1.807) is 0 Å². The molecule has 1 unspecified atom stereocenters. The van der Waals surface area contributed by atoms with Crippen LogP contribution in [0.4, 0.5) is 26.3 Å². The molecule has 1 fully saturated rings. The number of alkyl halides is 6. The Hall–Kier alpha value is -2.61. The first-order valence-electron chi connectivity index (χ1n) is 8.78. The molecule has 3 rings (SSSR count). The smallest absolute Gasteiger partial charge is 0.459 e. The van der Waals surface area contributed by atoms with Crippen molar-refractivity contribution in [2.24, 2.45) is 0 Å². The van der Waals surface area contributed by atoms with Crippen molar-refractivity contribution in [3.63, 3.8) is 0 Å². The van der Waals surface area contributed by atoms with E-state index in [1.807, 2.05) is 0 Å². The molecule has 2 aromatic rings. The maximum atomic E-state index is 12.9. The average Bonchev–Trinajstić information content (AvgIpc) is 2.67. The summed E-state index contributed by atoms with van der Waals surface area (Å²) in [4.78, 5) is 6.18. The monoisotopic (exact) mass is 471 g/mol. The summed E-state index contributed by atoms with van der Waals surface area (Å²) >= 11 is 0. The molecule has 0 amide bonds. The average molecular weight is 471 g/mol. The summed E-state index contributed by atoms with van der Waals surface area (Å²) in [6.07, 6.45) is -9.32. The predicted octanol–water partition coefficient (Wildman–Crippen LogP) is 3.63. The van der Waals surface area contributed by atoms with Gasteiger partial charge in [0.15, 0.2) is 5.69 Å². The minimum Gasteiger partial charge on any atom is -0.459 e. The minimum absolute atomic E-state index is 0.0218. The molecule has 1 aliphatic rings. The normalized spacial score (nSPS) is 18.6. The van der Waals surface area contributed by atoms with E-state index in [1.165, 1.54) is 12.1 Å². The fourth-order valence-electron chi connectivity index (χ4n) is 2.94. The van der Waals surface area contributed by atoms with E-state index in [9.17, 15) is 34.8 Å². The third-order valence-electron chi connectivity index (χ3n) is 4.23. The number of para-hydroxylation sites is 1. The zero-order chi connectivity index (χ0) is 22.9. The van der Waals surface area contributed by atoms with Crippen LogP contribution in [-0.4, -0.2) is 48.2 Å². The number of aromatic nitrogens is 2. The van der Waals surface area contributed by atoms with Gasteiger partial charge in [-0.2, -0.15) is 22.5 Å². The highest BCUT2D eigenvalue weighted by Gasteiger charge is 2.38. The topological polar surface area (TPSA) is 81.6 Å². The van der Waals surface area contributed by atoms with Gasteiger partial charge in [-0.25, -0.2) is 13.4 Å². The summed E-state index contributed by atoms with van der Waals surface area (Å²) in [5.41, 5.74) is -1.23. The molecule has 0 aliphatic carbocycles. The fourth-order valence-corrected chi connectivity index (χ4v) is 4.56. The lowest BCUT2D eigenvalue weighted by Gasteiger charge is -2.32. The van der Waals surface area contributed by atoms with Gasteiger partial charge in [0.25, 0.3) is 0 Å². The molecule has 0 spiro atoms. The van der Waals surface area contributed by atoms with Gasteiger partial charge in [0.05, 0.1) is 6.54 Å². The van der Waals surface area contributed by atoms with Crippen LogP contribution in [0.3, 0.4) is 0 Å². The summed E-state index contributed by atoms with van der Waals surface area (Å²) in [6, 6.07) is 4.34. The number of sulfonamides is 1. The van der Waals surface area contributed by atoms with Crippen LogP contribution in [-0.2, 0) is 16.2 Å². The molecule has 1 atom stereocenters. The number of halogens is 6. The summed E-state index contributed by atoms with van der Waals surface area (Å²) in [7, 11) is -4.41. The number of hydrogen-bond acceptors (Lipinski definition) is 6. The first kappa shape index (κ1) is 23.1. The van der Waals surface area contributed by atoms with Gasteiger partial charge < -0.3 is 9.47 Å². The molecule has 14 heteroatoms. The van der Waals surface area contributed by atoms with E-state index in [4.69, 9.17) is 4.74 Å². The van der Waals surface area contributed by atoms with Gasteiger partial charge in [0.2, 0.25) is 10.0 Å². The van der Waals surface area contributed by atoms with Crippen LogP contribution in [0, 0.1) is 0 Å². The third-order valence-corrected chi connectivity index (χ3v) is 6.13. The number of hydrogen-bond donors (Lipinski definition) is 0. The number of benzene rings is 1. The standard InChI is InChI=1S/C17H15F6N3O4S/c18-16(19,20)14-7-8-24-15(25-14)29-11-4-3-9-26(10-11)31(27,28)13-6-2-1-5-12(13)30-17(21,22)23/h1-2,5-8,11H,3-4,9-10H2. The van der Waals surface area contributed by atoms with Gasteiger partial charge in [-0.05, 0) is 31.0 Å². The van der Waals surface area contributed by atoms with Crippen molar-refractivity contribution in [2.75, 3.05) is 13.1 Å². The zero-order valence-electron chi connectivity index (χ0n) is 15.5. The molecule has 0 bridgehead atoms. The first-order valence-corrected chi connectivity index (χ1v) is 10.2. The fraction of sp³-hybridized carbons (Fsp3) is 0.412. The molecule has 0 radical (unpaired) electrons. The molecular weight excluding hydrogens is 456 g/mol. The molecule has 1 saturated heterocycles. The molecule has 170 valence electrons. The van der Waals surface area contributed by atoms with Crippen molar-refractivity contribution in [1.82, 2.24) is 14.3 Å². The van der Waals surface area contributed by atoms with Crippen LogP contribution in [0.5, 0.6) is 11.8 Å². The predicted molar refractivity (Wildman–Crippen MR) is 92.6 cm³/mol. The molecule has 31 heavy (non-hydrogen) atoms. The second-order valence-electron chi connectivity index (χ2n) is 6.46. The van der Waals surface area contributed by atoms with Crippen LogP contribution in [0.15, 0.2) is 41.4 Å². The molecular formula is C17H15F6N3O4S. The third kappa shape index (κ3) is 5.76. The van der Waals surface area contributed by atoms with Crippen molar-refractivity contribution in [1.29, 1.82) is 0 Å². The largest absolute Gasteiger partial charge is 0.573 e. The Bertz CT molecular complexity index is 1030. The first-order chi connectivity index (χ1) is 14.4. The number of ether oxygens (including phenoxy) is 2. The Labute approximate surface area is 172 Å². The maximum absolute atomic E-state index is 12.9. The Kier molecular flexibility index (Phi) is 6.32. The van der Waals surface area contributed by atoms with E-state index >= 15 is 0 Å². The SMILES string of the molecule is O=S(=O)(c1ccccc1OC(F)(F)F)N1CCCC(Oc2nccc(C(F)(F)F)n2)C1. The van der Waals surface area contributed by atoms with E-state index < -0.39 is 51.0 Å². The van der Waals surface area contributed by atoms with Crippen LogP contribution in [0.1, 0.15) is 18.5 Å². The highest BCUT2D eigenvalue weighted by atomic mass is 32.2. The summed E-state index contributed by atoms with van der Waals surface area (Å²) < 4.78 is 112. The lowest BCUT2D eigenvalue weighted by atomic mass is 10.1. The summed E-state index contributed by atoms with van der Waals surface area (Å²) in [5.74, 6) is -0.890. The van der Waals surface area contributed by atoms with Gasteiger partial charge >= 0.3 is 18.5 Å². The molecule has 1 aromatic heterocycles. The van der Waals surface area contributed by atoms with E-state index in [2.05, 4.69) is 14.7 Å². The summed E-state index contributed by atoms with van der Waals surface area (Å²) in [6.45, 7) is -0.339. The van der Waals surface area contributed by atoms with Gasteiger partial charge in [0, 0.05) is 12.7 Å².